The number of rotatable bonds is 4. The first kappa shape index (κ1) is 15.3. The van der Waals surface area contributed by atoms with E-state index in [0.717, 1.165) is 4.47 Å². The molecule has 0 aliphatic carbocycles. The number of aromatic carboxylic acids is 1. The van der Waals surface area contributed by atoms with E-state index in [0.29, 0.717) is 10.7 Å². The first-order valence-electron chi connectivity index (χ1n) is 5.63. The zero-order valence-corrected chi connectivity index (χ0v) is 12.7. The van der Waals surface area contributed by atoms with E-state index in [1.54, 1.807) is 18.2 Å². The van der Waals surface area contributed by atoms with Gasteiger partial charge in [0.15, 0.2) is 0 Å². The summed E-state index contributed by atoms with van der Waals surface area (Å²) in [6.07, 6.45) is 0. The molecule has 0 unspecified atom stereocenters. The topological polar surface area (TPSA) is 92.5 Å². The van der Waals surface area contributed by atoms with E-state index in [-0.39, 0.29) is 16.9 Å². The van der Waals surface area contributed by atoms with Crippen LogP contribution in [0.1, 0.15) is 10.4 Å². The Kier molecular flexibility index (Phi) is 4.44. The number of para-hydroxylation sites is 1. The first-order valence-corrected chi connectivity index (χ1v) is 6.80. The molecule has 0 saturated carbocycles. The number of anilines is 2. The Bertz CT molecular complexity index is 704. The number of carbonyl (C=O) groups is 1. The quantitative estimate of drug-likeness (QED) is 0.612. The molecule has 2 N–H and O–H groups in total. The van der Waals surface area contributed by atoms with Gasteiger partial charge in [0.05, 0.1) is 21.2 Å². The molecule has 0 fully saturated rings. The Morgan fingerprint density at radius 1 is 1.33 bits per heavy atom. The molecule has 0 aliphatic heterocycles. The number of hydrogen-bond donors (Lipinski definition) is 2. The van der Waals surface area contributed by atoms with Crippen LogP contribution in [0.5, 0.6) is 0 Å². The van der Waals surface area contributed by atoms with Crippen molar-refractivity contribution in [3.05, 3.63) is 61.6 Å². The Morgan fingerprint density at radius 3 is 2.62 bits per heavy atom. The number of nitro groups is 1. The molecule has 0 saturated heterocycles. The van der Waals surface area contributed by atoms with Gasteiger partial charge in [0.1, 0.15) is 5.69 Å². The van der Waals surface area contributed by atoms with E-state index >= 15 is 0 Å². The van der Waals surface area contributed by atoms with Crippen molar-refractivity contribution in [1.82, 2.24) is 0 Å². The number of nitrogens with zero attached hydrogens (tertiary/aromatic N) is 1. The Hall–Kier alpha value is -2.12. The average Bonchev–Trinajstić information content (AvgIpc) is 2.41. The Labute approximate surface area is 132 Å². The molecule has 0 spiro atoms. The lowest BCUT2D eigenvalue weighted by Crippen LogP contribution is -2.06. The zero-order valence-electron chi connectivity index (χ0n) is 10.3. The number of carboxylic acids is 1. The van der Waals surface area contributed by atoms with Gasteiger partial charge in [0.25, 0.3) is 5.69 Å². The molecule has 2 rings (SSSR count). The number of benzene rings is 2. The van der Waals surface area contributed by atoms with Gasteiger partial charge in [-0.15, -0.1) is 0 Å². The summed E-state index contributed by atoms with van der Waals surface area (Å²) in [4.78, 5) is 21.6. The van der Waals surface area contributed by atoms with Crippen LogP contribution < -0.4 is 5.32 Å². The van der Waals surface area contributed by atoms with Crippen molar-refractivity contribution in [2.24, 2.45) is 0 Å². The van der Waals surface area contributed by atoms with Crippen LogP contribution in [0.15, 0.2) is 40.9 Å². The zero-order chi connectivity index (χ0) is 15.6. The van der Waals surface area contributed by atoms with Crippen LogP contribution in [0.2, 0.25) is 5.02 Å². The maximum absolute atomic E-state index is 11.2. The van der Waals surface area contributed by atoms with Gasteiger partial charge in [0.2, 0.25) is 0 Å². The minimum Gasteiger partial charge on any atom is -0.478 e. The summed E-state index contributed by atoms with van der Waals surface area (Å²) in [6.45, 7) is 0. The number of carboxylic acid groups (broad SMARTS) is 1. The first-order chi connectivity index (χ1) is 9.90. The summed E-state index contributed by atoms with van der Waals surface area (Å²) in [5, 5.41) is 23.2. The molecule has 2 aromatic carbocycles. The van der Waals surface area contributed by atoms with Gasteiger partial charge in [-0.05, 0) is 24.3 Å². The van der Waals surface area contributed by atoms with E-state index < -0.39 is 10.9 Å². The van der Waals surface area contributed by atoms with Gasteiger partial charge in [0, 0.05) is 10.5 Å². The molecule has 0 bridgehead atoms. The molecule has 2 aromatic rings. The number of hydrogen-bond acceptors (Lipinski definition) is 4. The number of halogens is 2. The molecule has 0 aliphatic rings. The third-order valence-electron chi connectivity index (χ3n) is 2.66. The fourth-order valence-corrected chi connectivity index (χ4v) is 2.45. The molecule has 6 nitrogen and oxygen atoms in total. The van der Waals surface area contributed by atoms with Gasteiger partial charge in [-0.25, -0.2) is 4.79 Å². The van der Waals surface area contributed by atoms with E-state index in [2.05, 4.69) is 21.2 Å². The minimum atomic E-state index is -1.27. The van der Waals surface area contributed by atoms with Crippen LogP contribution in [0.25, 0.3) is 0 Å². The molecule has 0 heterocycles. The monoisotopic (exact) mass is 370 g/mol. The Morgan fingerprint density at radius 2 is 2.05 bits per heavy atom. The average molecular weight is 372 g/mol. The summed E-state index contributed by atoms with van der Waals surface area (Å²) in [5.41, 5.74) is -0.284. The van der Waals surface area contributed by atoms with E-state index in [1.165, 1.54) is 18.2 Å². The largest absolute Gasteiger partial charge is 0.478 e. The maximum atomic E-state index is 11.2. The highest BCUT2D eigenvalue weighted by Crippen LogP contribution is 2.34. The van der Waals surface area contributed by atoms with E-state index in [4.69, 9.17) is 16.7 Å². The molecule has 0 aromatic heterocycles. The molecule has 108 valence electrons. The lowest BCUT2D eigenvalue weighted by Gasteiger charge is -2.11. The van der Waals surface area contributed by atoms with Crippen LogP contribution >= 0.6 is 27.5 Å². The van der Waals surface area contributed by atoms with Crippen molar-refractivity contribution in [3.8, 4) is 0 Å². The summed E-state index contributed by atoms with van der Waals surface area (Å²) < 4.78 is 0.735. The van der Waals surface area contributed by atoms with Crippen molar-refractivity contribution in [3.63, 3.8) is 0 Å². The molecular formula is C13H8BrClN2O4. The predicted octanol–water partition coefficient (Wildman–Crippen LogP) is 4.45. The highest BCUT2D eigenvalue weighted by molar-refractivity contribution is 9.10. The maximum Gasteiger partial charge on any atom is 0.338 e. The molecular weight excluding hydrogens is 364 g/mol. The van der Waals surface area contributed by atoms with Gasteiger partial charge < -0.3 is 10.4 Å². The third-order valence-corrected chi connectivity index (χ3v) is 3.47. The normalized spacial score (nSPS) is 10.2. The van der Waals surface area contributed by atoms with Crippen molar-refractivity contribution >= 4 is 50.6 Å². The summed E-state index contributed by atoms with van der Waals surface area (Å²) in [7, 11) is 0. The SMILES string of the molecule is O=C(O)c1cccc([N+](=O)[O-])c1Nc1ccc(Br)cc1Cl. The molecule has 0 amide bonds. The fourth-order valence-electron chi connectivity index (χ4n) is 1.73. The van der Waals surface area contributed by atoms with Crippen LogP contribution in [0, 0.1) is 10.1 Å². The Balaban J connectivity index is 2.56. The molecule has 21 heavy (non-hydrogen) atoms. The smallest absolute Gasteiger partial charge is 0.338 e. The van der Waals surface area contributed by atoms with Gasteiger partial charge in [-0.3, -0.25) is 10.1 Å². The molecule has 0 radical (unpaired) electrons. The number of nitro benzene ring substituents is 1. The van der Waals surface area contributed by atoms with Crippen LogP contribution in [-0.2, 0) is 0 Å². The summed E-state index contributed by atoms with van der Waals surface area (Å²) >= 11 is 9.28. The highest BCUT2D eigenvalue weighted by Gasteiger charge is 2.22. The van der Waals surface area contributed by atoms with Crippen LogP contribution in [0.4, 0.5) is 17.1 Å². The minimum absolute atomic E-state index is 0.112. The van der Waals surface area contributed by atoms with Crippen molar-refractivity contribution < 1.29 is 14.8 Å². The second-order valence-corrected chi connectivity index (χ2v) is 5.33. The van der Waals surface area contributed by atoms with Crippen molar-refractivity contribution in [1.29, 1.82) is 0 Å². The third kappa shape index (κ3) is 3.32. The van der Waals surface area contributed by atoms with Crippen molar-refractivity contribution in [2.45, 2.75) is 0 Å². The second kappa shape index (κ2) is 6.11. The van der Waals surface area contributed by atoms with Crippen LogP contribution in [-0.4, -0.2) is 16.0 Å². The molecule has 8 heteroatoms. The van der Waals surface area contributed by atoms with Gasteiger partial charge >= 0.3 is 5.97 Å². The van der Waals surface area contributed by atoms with E-state index in [9.17, 15) is 14.9 Å². The summed E-state index contributed by atoms with van der Waals surface area (Å²) in [5.74, 6) is -1.27. The second-order valence-electron chi connectivity index (χ2n) is 4.01. The highest BCUT2D eigenvalue weighted by atomic mass is 79.9. The predicted molar refractivity (Wildman–Crippen MR) is 82.5 cm³/mol. The number of nitrogens with one attached hydrogen (secondary N) is 1. The lowest BCUT2D eigenvalue weighted by molar-refractivity contribution is -0.383. The summed E-state index contributed by atoms with van der Waals surface area (Å²) in [6, 6.07) is 8.69. The van der Waals surface area contributed by atoms with E-state index in [1.807, 2.05) is 0 Å². The molecule has 0 atom stereocenters. The van der Waals surface area contributed by atoms with Crippen molar-refractivity contribution in [2.75, 3.05) is 5.32 Å². The standard InChI is InChI=1S/C13H8BrClN2O4/c14-7-4-5-10(9(15)6-7)16-12-8(13(18)19)2-1-3-11(12)17(20)21/h1-6,16H,(H,18,19). The lowest BCUT2D eigenvalue weighted by atomic mass is 10.1. The van der Waals surface area contributed by atoms with Gasteiger partial charge in [-0.2, -0.15) is 0 Å². The van der Waals surface area contributed by atoms with Crippen LogP contribution in [0.3, 0.4) is 0 Å². The van der Waals surface area contributed by atoms with Gasteiger partial charge in [-0.1, -0.05) is 33.6 Å². The fraction of sp³-hybridized carbons (Fsp3) is 0.